The van der Waals surface area contributed by atoms with Gasteiger partial charge in [0.15, 0.2) is 17.7 Å². The highest BCUT2D eigenvalue weighted by atomic mass is 19.2. The van der Waals surface area contributed by atoms with Crippen LogP contribution in [0.2, 0.25) is 0 Å². The Morgan fingerprint density at radius 3 is 2.57 bits per heavy atom. The smallest absolute Gasteiger partial charge is 0.311 e. The number of hydrogen-bond acceptors (Lipinski definition) is 3. The van der Waals surface area contributed by atoms with Crippen molar-refractivity contribution in [1.29, 1.82) is 0 Å². The van der Waals surface area contributed by atoms with E-state index in [-0.39, 0.29) is 12.3 Å². The van der Waals surface area contributed by atoms with Crippen molar-refractivity contribution >= 4 is 11.9 Å². The van der Waals surface area contributed by atoms with Crippen LogP contribution in [0.5, 0.6) is 5.75 Å². The predicted molar refractivity (Wildman–Crippen MR) is 68.8 cm³/mol. The van der Waals surface area contributed by atoms with Crippen molar-refractivity contribution in [2.24, 2.45) is 5.41 Å². The molecule has 5 nitrogen and oxygen atoms in total. The molecule has 0 radical (unpaired) electrons. The number of carboxylic acids is 1. The van der Waals surface area contributed by atoms with E-state index in [2.05, 4.69) is 5.32 Å². The number of carboxylic acid groups (broad SMARTS) is 1. The Bertz CT molecular complexity index is 572. The van der Waals surface area contributed by atoms with Gasteiger partial charge in [-0.25, -0.2) is 8.78 Å². The maximum atomic E-state index is 13.0. The molecule has 0 aromatic heterocycles. The number of nitrogens with one attached hydrogen (secondary N) is 1. The van der Waals surface area contributed by atoms with Crippen LogP contribution in [0.25, 0.3) is 0 Å². The molecule has 0 saturated heterocycles. The molecule has 0 aliphatic heterocycles. The number of ether oxygens (including phenoxy) is 1. The molecule has 1 saturated carbocycles. The standard InChI is InChI=1S/C14H15F2NO4/c1-8(21-9-2-3-10(15)11(16)6-9)12(18)17-7-14(4-5-14)13(19)20/h2-3,6,8H,4-5,7H2,1H3,(H,17,18)(H,19,20). The topological polar surface area (TPSA) is 75.6 Å². The van der Waals surface area contributed by atoms with Gasteiger partial charge in [0.25, 0.3) is 5.91 Å². The Labute approximate surface area is 119 Å². The zero-order valence-corrected chi connectivity index (χ0v) is 11.4. The average molecular weight is 299 g/mol. The van der Waals surface area contributed by atoms with Gasteiger partial charge >= 0.3 is 5.97 Å². The zero-order valence-electron chi connectivity index (χ0n) is 11.4. The van der Waals surface area contributed by atoms with Crippen molar-refractivity contribution in [3.63, 3.8) is 0 Å². The van der Waals surface area contributed by atoms with Crippen molar-refractivity contribution in [2.75, 3.05) is 6.54 Å². The summed E-state index contributed by atoms with van der Waals surface area (Å²) in [5.41, 5.74) is -0.864. The quantitative estimate of drug-likeness (QED) is 0.838. The van der Waals surface area contributed by atoms with Gasteiger partial charge in [0, 0.05) is 12.6 Å². The lowest BCUT2D eigenvalue weighted by Gasteiger charge is -2.16. The van der Waals surface area contributed by atoms with E-state index in [0.717, 1.165) is 12.1 Å². The SMILES string of the molecule is CC(Oc1ccc(F)c(F)c1)C(=O)NCC1(C(=O)O)CC1. The lowest BCUT2D eigenvalue weighted by molar-refractivity contribution is -0.143. The van der Waals surface area contributed by atoms with Crippen molar-refractivity contribution < 1.29 is 28.2 Å². The molecule has 114 valence electrons. The molecule has 1 aliphatic rings. The van der Waals surface area contributed by atoms with E-state index in [1.807, 2.05) is 0 Å². The molecule has 0 spiro atoms. The normalized spacial score (nSPS) is 16.9. The maximum absolute atomic E-state index is 13.0. The van der Waals surface area contributed by atoms with Crippen molar-refractivity contribution in [1.82, 2.24) is 5.32 Å². The minimum Gasteiger partial charge on any atom is -0.481 e. The van der Waals surface area contributed by atoms with Gasteiger partial charge in [0.05, 0.1) is 5.41 Å². The summed E-state index contributed by atoms with van der Waals surface area (Å²) in [5.74, 6) is -3.49. The molecule has 2 N–H and O–H groups in total. The fourth-order valence-corrected chi connectivity index (χ4v) is 1.82. The Balaban J connectivity index is 1.87. The second kappa shape index (κ2) is 5.67. The molecule has 1 aliphatic carbocycles. The van der Waals surface area contributed by atoms with E-state index in [4.69, 9.17) is 9.84 Å². The highest BCUT2D eigenvalue weighted by molar-refractivity contribution is 5.83. The van der Waals surface area contributed by atoms with E-state index in [0.29, 0.717) is 12.8 Å². The van der Waals surface area contributed by atoms with E-state index < -0.39 is 35.0 Å². The zero-order chi connectivity index (χ0) is 15.6. The highest BCUT2D eigenvalue weighted by Gasteiger charge is 2.50. The molecular formula is C14H15F2NO4. The molecule has 1 atom stereocenters. The summed E-state index contributed by atoms with van der Waals surface area (Å²) in [6, 6.07) is 2.96. The molecular weight excluding hydrogens is 284 g/mol. The first-order valence-corrected chi connectivity index (χ1v) is 6.47. The second-order valence-electron chi connectivity index (χ2n) is 5.14. The van der Waals surface area contributed by atoms with Crippen molar-refractivity contribution in [3.05, 3.63) is 29.8 Å². The number of rotatable bonds is 6. The first-order chi connectivity index (χ1) is 9.84. The van der Waals surface area contributed by atoms with Crippen molar-refractivity contribution in [2.45, 2.75) is 25.9 Å². The highest BCUT2D eigenvalue weighted by Crippen LogP contribution is 2.45. The van der Waals surface area contributed by atoms with Crippen LogP contribution >= 0.6 is 0 Å². The molecule has 7 heteroatoms. The molecule has 1 amide bonds. The summed E-state index contributed by atoms with van der Waals surface area (Å²) in [7, 11) is 0. The van der Waals surface area contributed by atoms with Crippen molar-refractivity contribution in [3.8, 4) is 5.75 Å². The Hall–Kier alpha value is -2.18. The molecule has 0 heterocycles. The Morgan fingerprint density at radius 2 is 2.05 bits per heavy atom. The van der Waals surface area contributed by atoms with Gasteiger partial charge in [-0.1, -0.05) is 0 Å². The fraction of sp³-hybridized carbons (Fsp3) is 0.429. The van der Waals surface area contributed by atoms with E-state index >= 15 is 0 Å². The van der Waals surface area contributed by atoms with E-state index in [1.165, 1.54) is 13.0 Å². The average Bonchev–Trinajstić information content (AvgIpc) is 3.21. The van der Waals surface area contributed by atoms with Gasteiger partial charge in [0.1, 0.15) is 5.75 Å². The van der Waals surface area contributed by atoms with Crippen LogP contribution in [0.4, 0.5) is 8.78 Å². The summed E-state index contributed by atoms with van der Waals surface area (Å²) in [4.78, 5) is 22.8. The van der Waals surface area contributed by atoms with Gasteiger partial charge in [-0.15, -0.1) is 0 Å². The largest absolute Gasteiger partial charge is 0.481 e. The third kappa shape index (κ3) is 3.48. The van der Waals surface area contributed by atoms with Crippen LogP contribution in [0.3, 0.4) is 0 Å². The maximum Gasteiger partial charge on any atom is 0.311 e. The van der Waals surface area contributed by atoms with Gasteiger partial charge in [-0.05, 0) is 31.9 Å². The number of carbonyl (C=O) groups is 2. The second-order valence-corrected chi connectivity index (χ2v) is 5.14. The summed E-state index contributed by atoms with van der Waals surface area (Å²) in [5, 5.41) is 11.5. The van der Waals surface area contributed by atoms with Crippen LogP contribution in [-0.4, -0.2) is 29.6 Å². The van der Waals surface area contributed by atoms with Crippen LogP contribution in [-0.2, 0) is 9.59 Å². The Morgan fingerprint density at radius 1 is 1.38 bits per heavy atom. The van der Waals surface area contributed by atoms with Crippen LogP contribution in [0, 0.1) is 17.0 Å². The first-order valence-electron chi connectivity index (χ1n) is 6.47. The predicted octanol–water partition coefficient (Wildman–Crippen LogP) is 1.71. The third-order valence-electron chi connectivity index (χ3n) is 3.48. The minimum absolute atomic E-state index is 0.0240. The van der Waals surface area contributed by atoms with Gasteiger partial charge in [0.2, 0.25) is 0 Å². The number of benzene rings is 1. The molecule has 21 heavy (non-hydrogen) atoms. The number of halogens is 2. The lowest BCUT2D eigenvalue weighted by Crippen LogP contribution is -2.41. The van der Waals surface area contributed by atoms with Crippen LogP contribution in [0.15, 0.2) is 18.2 Å². The minimum atomic E-state index is -1.07. The Kier molecular flexibility index (Phi) is 4.11. The van der Waals surface area contributed by atoms with E-state index in [1.54, 1.807) is 0 Å². The fourth-order valence-electron chi connectivity index (χ4n) is 1.82. The molecule has 2 rings (SSSR count). The summed E-state index contributed by atoms with van der Waals surface area (Å²) in [6.45, 7) is 1.48. The summed E-state index contributed by atoms with van der Waals surface area (Å²) >= 11 is 0. The van der Waals surface area contributed by atoms with Crippen LogP contribution < -0.4 is 10.1 Å². The number of aliphatic carboxylic acids is 1. The lowest BCUT2D eigenvalue weighted by atomic mass is 10.1. The van der Waals surface area contributed by atoms with Crippen LogP contribution in [0.1, 0.15) is 19.8 Å². The molecule has 1 fully saturated rings. The summed E-state index contributed by atoms with van der Waals surface area (Å²) < 4.78 is 31.0. The van der Waals surface area contributed by atoms with Gasteiger partial charge < -0.3 is 15.2 Å². The number of amides is 1. The monoisotopic (exact) mass is 299 g/mol. The van der Waals surface area contributed by atoms with Gasteiger partial charge in [-0.3, -0.25) is 9.59 Å². The number of carbonyl (C=O) groups excluding carboxylic acids is 1. The summed E-state index contributed by atoms with van der Waals surface area (Å²) in [6.07, 6.45) is 0.113. The van der Waals surface area contributed by atoms with E-state index in [9.17, 15) is 18.4 Å². The third-order valence-corrected chi connectivity index (χ3v) is 3.48. The molecule has 1 unspecified atom stereocenters. The van der Waals surface area contributed by atoms with Gasteiger partial charge in [-0.2, -0.15) is 0 Å². The molecule has 1 aromatic rings. The first kappa shape index (κ1) is 15.2. The molecule has 0 bridgehead atoms. The molecule has 1 aromatic carbocycles. The number of hydrogen-bond donors (Lipinski definition) is 2.